The van der Waals surface area contributed by atoms with Crippen molar-refractivity contribution in [3.63, 3.8) is 0 Å². The van der Waals surface area contributed by atoms with Gasteiger partial charge in [0.2, 0.25) is 0 Å². The summed E-state index contributed by atoms with van der Waals surface area (Å²) in [4.78, 5) is 12.0. The number of benzene rings is 1. The van der Waals surface area contributed by atoms with Gasteiger partial charge in [-0.15, -0.1) is 0 Å². The van der Waals surface area contributed by atoms with Crippen molar-refractivity contribution in [2.24, 2.45) is 0 Å². The smallest absolute Gasteiger partial charge is 0.315 e. The minimum absolute atomic E-state index is 0.222. The van der Waals surface area contributed by atoms with Gasteiger partial charge in [-0.05, 0) is 30.5 Å². The molecule has 0 aliphatic carbocycles. The second-order valence-electron chi connectivity index (χ2n) is 4.35. The normalized spacial score (nSPS) is 12.2. The van der Waals surface area contributed by atoms with Crippen LogP contribution in [0.3, 0.4) is 0 Å². The van der Waals surface area contributed by atoms with Crippen LogP contribution in [0.2, 0.25) is 0 Å². The average Bonchev–Trinajstić information content (AvgIpc) is 2.41. The summed E-state index contributed by atoms with van der Waals surface area (Å²) in [5, 5.41) is 0. The number of esters is 1. The Morgan fingerprint density at radius 3 is 2.63 bits per heavy atom. The highest BCUT2D eigenvalue weighted by Crippen LogP contribution is 2.19. The molecular formula is C15H21FO3. The van der Waals surface area contributed by atoms with E-state index in [-0.39, 0.29) is 18.4 Å². The zero-order valence-corrected chi connectivity index (χ0v) is 11.5. The quantitative estimate of drug-likeness (QED) is 0.536. The molecule has 0 radical (unpaired) electrons. The van der Waals surface area contributed by atoms with E-state index in [1.807, 2.05) is 13.8 Å². The average molecular weight is 268 g/mol. The summed E-state index contributed by atoms with van der Waals surface area (Å²) in [6, 6.07) is 6.01. The van der Waals surface area contributed by atoms with Crippen molar-refractivity contribution in [2.45, 2.75) is 32.6 Å². The lowest BCUT2D eigenvalue weighted by Crippen LogP contribution is -2.21. The number of carbonyl (C=O) groups excluding carboxylic acids is 1. The Balaban J connectivity index is 2.76. The van der Waals surface area contributed by atoms with Crippen LogP contribution >= 0.6 is 0 Å². The number of hydrogen-bond donors (Lipinski definition) is 0. The van der Waals surface area contributed by atoms with Crippen molar-refractivity contribution in [1.29, 1.82) is 0 Å². The van der Waals surface area contributed by atoms with E-state index >= 15 is 0 Å². The van der Waals surface area contributed by atoms with Crippen molar-refractivity contribution >= 4 is 5.97 Å². The standard InChI is InChI=1S/C15H21FO3/c1-3-8-18-11-14(15(17)19-9-4-2)12-6-5-7-13(16)10-12/h5-7,10,14H,3-4,8-9,11H2,1-2H3. The lowest BCUT2D eigenvalue weighted by Gasteiger charge is -2.16. The van der Waals surface area contributed by atoms with Gasteiger partial charge in [0.05, 0.1) is 13.2 Å². The molecule has 0 spiro atoms. The fraction of sp³-hybridized carbons (Fsp3) is 0.533. The van der Waals surface area contributed by atoms with Gasteiger partial charge in [0.15, 0.2) is 0 Å². The number of hydrogen-bond acceptors (Lipinski definition) is 3. The van der Waals surface area contributed by atoms with Crippen molar-refractivity contribution in [3.05, 3.63) is 35.6 Å². The minimum Gasteiger partial charge on any atom is -0.465 e. The van der Waals surface area contributed by atoms with Gasteiger partial charge in [-0.25, -0.2) is 4.39 Å². The van der Waals surface area contributed by atoms with Crippen LogP contribution < -0.4 is 0 Å². The number of ether oxygens (including phenoxy) is 2. The van der Waals surface area contributed by atoms with Gasteiger partial charge in [-0.1, -0.05) is 26.0 Å². The van der Waals surface area contributed by atoms with Crippen LogP contribution in [0.5, 0.6) is 0 Å². The van der Waals surface area contributed by atoms with E-state index in [2.05, 4.69) is 0 Å². The molecule has 106 valence electrons. The molecule has 3 nitrogen and oxygen atoms in total. The molecule has 0 bridgehead atoms. The van der Waals surface area contributed by atoms with Crippen LogP contribution in [-0.4, -0.2) is 25.8 Å². The summed E-state index contributed by atoms with van der Waals surface area (Å²) >= 11 is 0. The first-order valence-corrected chi connectivity index (χ1v) is 6.68. The van der Waals surface area contributed by atoms with E-state index in [4.69, 9.17) is 9.47 Å². The Labute approximate surface area is 113 Å². The molecule has 1 unspecified atom stereocenters. The van der Waals surface area contributed by atoms with Crippen LogP contribution in [0, 0.1) is 5.82 Å². The molecule has 0 aliphatic rings. The highest BCUT2D eigenvalue weighted by atomic mass is 19.1. The highest BCUT2D eigenvalue weighted by molar-refractivity contribution is 5.78. The Bertz CT molecular complexity index is 393. The van der Waals surface area contributed by atoms with E-state index in [9.17, 15) is 9.18 Å². The largest absolute Gasteiger partial charge is 0.465 e. The maximum atomic E-state index is 13.2. The summed E-state index contributed by atoms with van der Waals surface area (Å²) in [6.45, 7) is 5.09. The van der Waals surface area contributed by atoms with Gasteiger partial charge >= 0.3 is 5.97 Å². The van der Waals surface area contributed by atoms with E-state index in [0.717, 1.165) is 12.8 Å². The van der Waals surface area contributed by atoms with Crippen LogP contribution in [0.4, 0.5) is 4.39 Å². The van der Waals surface area contributed by atoms with E-state index in [1.54, 1.807) is 12.1 Å². The van der Waals surface area contributed by atoms with Crippen LogP contribution in [0.15, 0.2) is 24.3 Å². The first kappa shape index (κ1) is 15.6. The first-order chi connectivity index (χ1) is 9.19. The number of rotatable bonds is 8. The molecule has 0 fully saturated rings. The molecule has 1 rings (SSSR count). The molecule has 0 aliphatic heterocycles. The Kier molecular flexibility index (Phi) is 7.11. The van der Waals surface area contributed by atoms with Crippen molar-refractivity contribution in [1.82, 2.24) is 0 Å². The summed E-state index contributed by atoms with van der Waals surface area (Å²) in [5.74, 6) is -1.28. The number of carbonyl (C=O) groups is 1. The zero-order valence-electron chi connectivity index (χ0n) is 11.5. The fourth-order valence-electron chi connectivity index (χ4n) is 1.67. The molecule has 1 atom stereocenters. The molecular weight excluding hydrogens is 247 g/mol. The number of halogens is 1. The molecule has 1 aromatic carbocycles. The Morgan fingerprint density at radius 2 is 2.00 bits per heavy atom. The second-order valence-corrected chi connectivity index (χ2v) is 4.35. The molecule has 0 aromatic heterocycles. The molecule has 0 heterocycles. The molecule has 0 saturated carbocycles. The molecule has 1 aromatic rings. The fourth-order valence-corrected chi connectivity index (χ4v) is 1.67. The highest BCUT2D eigenvalue weighted by Gasteiger charge is 2.22. The topological polar surface area (TPSA) is 35.5 Å². The Hall–Kier alpha value is -1.42. The second kappa shape index (κ2) is 8.64. The van der Waals surface area contributed by atoms with Crippen LogP contribution in [0.1, 0.15) is 38.2 Å². The van der Waals surface area contributed by atoms with Crippen molar-refractivity contribution in [2.75, 3.05) is 19.8 Å². The zero-order chi connectivity index (χ0) is 14.1. The molecule has 0 N–H and O–H groups in total. The molecule has 0 saturated heterocycles. The van der Waals surface area contributed by atoms with Crippen molar-refractivity contribution < 1.29 is 18.7 Å². The molecule has 4 heteroatoms. The molecule has 0 amide bonds. The first-order valence-electron chi connectivity index (χ1n) is 6.68. The van der Waals surface area contributed by atoms with E-state index in [1.165, 1.54) is 12.1 Å². The van der Waals surface area contributed by atoms with Crippen LogP contribution in [0.25, 0.3) is 0 Å². The summed E-state index contributed by atoms with van der Waals surface area (Å²) in [5.41, 5.74) is 0.595. The summed E-state index contributed by atoms with van der Waals surface area (Å²) < 4.78 is 23.8. The van der Waals surface area contributed by atoms with Gasteiger partial charge in [-0.2, -0.15) is 0 Å². The third-order valence-electron chi connectivity index (χ3n) is 2.62. The van der Waals surface area contributed by atoms with Gasteiger partial charge < -0.3 is 9.47 Å². The maximum absolute atomic E-state index is 13.2. The van der Waals surface area contributed by atoms with Gasteiger partial charge in [0.25, 0.3) is 0 Å². The monoisotopic (exact) mass is 268 g/mol. The van der Waals surface area contributed by atoms with Crippen molar-refractivity contribution in [3.8, 4) is 0 Å². The minimum atomic E-state index is -0.561. The summed E-state index contributed by atoms with van der Waals surface area (Å²) in [7, 11) is 0. The summed E-state index contributed by atoms with van der Waals surface area (Å²) in [6.07, 6.45) is 1.64. The maximum Gasteiger partial charge on any atom is 0.315 e. The Morgan fingerprint density at radius 1 is 1.26 bits per heavy atom. The SMILES string of the molecule is CCCOCC(C(=O)OCCC)c1cccc(F)c1. The van der Waals surface area contributed by atoms with Gasteiger partial charge in [-0.3, -0.25) is 4.79 Å². The van der Waals surface area contributed by atoms with Gasteiger partial charge in [0.1, 0.15) is 11.7 Å². The predicted molar refractivity (Wildman–Crippen MR) is 71.5 cm³/mol. The molecule has 19 heavy (non-hydrogen) atoms. The predicted octanol–water partition coefficient (Wildman–Crippen LogP) is 3.29. The third kappa shape index (κ3) is 5.39. The van der Waals surface area contributed by atoms with Gasteiger partial charge in [0, 0.05) is 6.61 Å². The van der Waals surface area contributed by atoms with Crippen LogP contribution in [-0.2, 0) is 14.3 Å². The lowest BCUT2D eigenvalue weighted by atomic mass is 10.00. The van der Waals surface area contributed by atoms with E-state index < -0.39 is 5.92 Å². The lowest BCUT2D eigenvalue weighted by molar-refractivity contribution is -0.147. The van der Waals surface area contributed by atoms with E-state index in [0.29, 0.717) is 18.8 Å². The third-order valence-corrected chi connectivity index (χ3v) is 2.62.